The molecule has 0 spiro atoms. The van der Waals surface area contributed by atoms with Crippen LogP contribution in [0.25, 0.3) is 10.8 Å². The van der Waals surface area contributed by atoms with Gasteiger partial charge in [0, 0.05) is 16.5 Å². The quantitative estimate of drug-likeness (QED) is 0.269. The molecule has 0 aliphatic rings. The molecule has 4 aromatic rings. The van der Waals surface area contributed by atoms with Gasteiger partial charge in [0.25, 0.3) is 17.4 Å². The second-order valence-corrected chi connectivity index (χ2v) is 7.05. The molecule has 0 aliphatic heterocycles. The van der Waals surface area contributed by atoms with Crippen LogP contribution in [0.5, 0.6) is 5.75 Å². The van der Waals surface area contributed by atoms with Gasteiger partial charge in [0.05, 0.1) is 11.6 Å². The molecule has 2 amide bonds. The predicted molar refractivity (Wildman–Crippen MR) is 123 cm³/mol. The molecule has 9 nitrogen and oxygen atoms in total. The van der Waals surface area contributed by atoms with E-state index in [4.69, 9.17) is 0 Å². The van der Waals surface area contributed by atoms with Crippen LogP contribution in [0, 0.1) is 0 Å². The molecule has 4 rings (SSSR count). The fourth-order valence-corrected chi connectivity index (χ4v) is 3.24. The van der Waals surface area contributed by atoms with E-state index in [-0.39, 0.29) is 11.4 Å². The number of benzene rings is 3. The Hall–Kier alpha value is -4.79. The summed E-state index contributed by atoms with van der Waals surface area (Å²) in [7, 11) is 0. The lowest BCUT2D eigenvalue weighted by Gasteiger charge is -2.18. The zero-order valence-corrected chi connectivity index (χ0v) is 17.2. The minimum atomic E-state index is -1.26. The van der Waals surface area contributed by atoms with Crippen LogP contribution in [-0.4, -0.2) is 33.3 Å². The number of hydrogen-bond acceptors (Lipinski definition) is 6. The van der Waals surface area contributed by atoms with Gasteiger partial charge in [0.2, 0.25) is 0 Å². The SMILES string of the molecule is O=C(NC(C(=O)N/N=C/c1ccccc1O)c1n[nH]c(=O)c2ccccc12)c1ccccc1. The summed E-state index contributed by atoms with van der Waals surface area (Å²) < 4.78 is 0. The van der Waals surface area contributed by atoms with E-state index in [2.05, 4.69) is 26.0 Å². The number of H-pyrrole nitrogens is 1. The Kier molecular flexibility index (Phi) is 6.21. The highest BCUT2D eigenvalue weighted by Crippen LogP contribution is 2.20. The summed E-state index contributed by atoms with van der Waals surface area (Å²) in [5.41, 5.74) is 2.85. The Morgan fingerprint density at radius 2 is 1.61 bits per heavy atom. The minimum Gasteiger partial charge on any atom is -0.507 e. The van der Waals surface area contributed by atoms with Crippen LogP contribution in [0.1, 0.15) is 27.7 Å². The van der Waals surface area contributed by atoms with Crippen molar-refractivity contribution in [3.63, 3.8) is 0 Å². The normalized spacial score (nSPS) is 11.9. The number of nitrogens with one attached hydrogen (secondary N) is 3. The Balaban J connectivity index is 1.68. The van der Waals surface area contributed by atoms with E-state index in [1.807, 2.05) is 0 Å². The molecule has 0 bridgehead atoms. The Morgan fingerprint density at radius 1 is 0.939 bits per heavy atom. The summed E-state index contributed by atoms with van der Waals surface area (Å²) in [5.74, 6) is -1.19. The summed E-state index contributed by atoms with van der Waals surface area (Å²) >= 11 is 0. The van der Waals surface area contributed by atoms with Crippen molar-refractivity contribution in [3.8, 4) is 5.75 Å². The highest BCUT2D eigenvalue weighted by molar-refractivity contribution is 5.99. The van der Waals surface area contributed by atoms with E-state index in [0.29, 0.717) is 21.9 Å². The molecule has 9 heteroatoms. The molecule has 0 saturated heterocycles. The van der Waals surface area contributed by atoms with Crippen LogP contribution < -0.4 is 16.3 Å². The maximum absolute atomic E-state index is 13.1. The third kappa shape index (κ3) is 4.77. The van der Waals surface area contributed by atoms with Gasteiger partial charge in [-0.3, -0.25) is 14.4 Å². The van der Waals surface area contributed by atoms with Crippen LogP contribution in [0.4, 0.5) is 0 Å². The van der Waals surface area contributed by atoms with E-state index in [0.717, 1.165) is 0 Å². The summed E-state index contributed by atoms with van der Waals surface area (Å²) in [5, 5.41) is 23.6. The first-order chi connectivity index (χ1) is 16.0. The van der Waals surface area contributed by atoms with Crippen molar-refractivity contribution < 1.29 is 14.7 Å². The smallest absolute Gasteiger partial charge is 0.272 e. The number of amides is 2. The zero-order chi connectivity index (χ0) is 23.2. The van der Waals surface area contributed by atoms with Gasteiger partial charge in [0.15, 0.2) is 6.04 Å². The number of para-hydroxylation sites is 1. The number of aromatic amines is 1. The average Bonchev–Trinajstić information content (AvgIpc) is 2.85. The molecule has 164 valence electrons. The first-order valence-corrected chi connectivity index (χ1v) is 9.99. The van der Waals surface area contributed by atoms with Crippen molar-refractivity contribution in [2.75, 3.05) is 0 Å². The number of aromatic hydroxyl groups is 1. The number of aromatic nitrogens is 2. The third-order valence-electron chi connectivity index (χ3n) is 4.89. The van der Waals surface area contributed by atoms with Crippen LogP contribution in [-0.2, 0) is 4.79 Å². The monoisotopic (exact) mass is 441 g/mol. The molecular formula is C24H19N5O4. The number of carbonyl (C=O) groups is 2. The summed E-state index contributed by atoms with van der Waals surface area (Å²) in [6.07, 6.45) is 1.28. The van der Waals surface area contributed by atoms with Gasteiger partial charge in [0.1, 0.15) is 11.4 Å². The molecule has 1 unspecified atom stereocenters. The maximum Gasteiger partial charge on any atom is 0.272 e. The second-order valence-electron chi connectivity index (χ2n) is 7.05. The highest BCUT2D eigenvalue weighted by Gasteiger charge is 2.27. The molecule has 0 saturated carbocycles. The lowest BCUT2D eigenvalue weighted by Crippen LogP contribution is -2.40. The van der Waals surface area contributed by atoms with Crippen molar-refractivity contribution >= 4 is 28.8 Å². The number of fused-ring (bicyclic) bond motifs is 1. The van der Waals surface area contributed by atoms with Gasteiger partial charge in [-0.05, 0) is 30.3 Å². The Morgan fingerprint density at radius 3 is 2.36 bits per heavy atom. The fraction of sp³-hybridized carbons (Fsp3) is 0.0417. The molecule has 0 radical (unpaired) electrons. The van der Waals surface area contributed by atoms with Crippen LogP contribution in [0.15, 0.2) is 88.8 Å². The number of hydrazone groups is 1. The number of phenolic OH excluding ortho intramolecular Hbond substituents is 1. The minimum absolute atomic E-state index is 0.00211. The van der Waals surface area contributed by atoms with Crippen molar-refractivity contribution in [1.82, 2.24) is 20.9 Å². The highest BCUT2D eigenvalue weighted by atomic mass is 16.3. The van der Waals surface area contributed by atoms with Crippen LogP contribution in [0.2, 0.25) is 0 Å². The van der Waals surface area contributed by atoms with E-state index in [1.165, 1.54) is 12.3 Å². The number of hydrogen-bond donors (Lipinski definition) is 4. The molecule has 0 aliphatic carbocycles. The van der Waals surface area contributed by atoms with E-state index < -0.39 is 23.4 Å². The largest absolute Gasteiger partial charge is 0.507 e. The van der Waals surface area contributed by atoms with Crippen molar-refractivity contribution in [1.29, 1.82) is 0 Å². The number of nitrogens with zero attached hydrogens (tertiary/aromatic N) is 2. The van der Waals surface area contributed by atoms with Crippen molar-refractivity contribution in [3.05, 3.63) is 106 Å². The fourth-order valence-electron chi connectivity index (χ4n) is 3.24. The van der Waals surface area contributed by atoms with Gasteiger partial charge in [-0.2, -0.15) is 10.2 Å². The van der Waals surface area contributed by atoms with Crippen molar-refractivity contribution in [2.45, 2.75) is 6.04 Å². The summed E-state index contributed by atoms with van der Waals surface area (Å²) in [4.78, 5) is 38.1. The molecule has 33 heavy (non-hydrogen) atoms. The number of carbonyl (C=O) groups excluding carboxylic acids is 2. The first kappa shape index (κ1) is 21.4. The summed E-state index contributed by atoms with van der Waals surface area (Å²) in [6.45, 7) is 0. The molecule has 0 fully saturated rings. The number of rotatable bonds is 6. The molecule has 1 aromatic heterocycles. The van der Waals surface area contributed by atoms with Gasteiger partial charge in [-0.1, -0.05) is 48.5 Å². The lowest BCUT2D eigenvalue weighted by atomic mass is 10.0. The third-order valence-corrected chi connectivity index (χ3v) is 4.89. The topological polar surface area (TPSA) is 137 Å². The van der Waals surface area contributed by atoms with Gasteiger partial charge in [-0.25, -0.2) is 10.5 Å². The molecule has 1 atom stereocenters. The van der Waals surface area contributed by atoms with E-state index >= 15 is 0 Å². The Labute approximate surface area is 187 Å². The summed E-state index contributed by atoms with van der Waals surface area (Å²) in [6, 6.07) is 20.3. The second kappa shape index (κ2) is 9.56. The molecule has 3 aromatic carbocycles. The van der Waals surface area contributed by atoms with E-state index in [9.17, 15) is 19.5 Å². The maximum atomic E-state index is 13.1. The first-order valence-electron chi connectivity index (χ1n) is 9.99. The lowest BCUT2D eigenvalue weighted by molar-refractivity contribution is -0.123. The molecule has 1 heterocycles. The predicted octanol–water partition coefficient (Wildman–Crippen LogP) is 2.25. The standard InChI is InChI=1S/C24H19N5O4/c30-19-13-7-4-10-16(19)14-25-28-24(33)21(26-22(31)15-8-2-1-3-9-15)20-17-11-5-6-12-18(17)23(32)29-27-20/h1-14,21,30H,(H,26,31)(H,28,33)(H,29,32)/b25-14+. The average molecular weight is 441 g/mol. The Bertz CT molecular complexity index is 1400. The van der Waals surface area contributed by atoms with E-state index in [1.54, 1.807) is 72.8 Å². The zero-order valence-electron chi connectivity index (χ0n) is 17.2. The molecule has 4 N–H and O–H groups in total. The van der Waals surface area contributed by atoms with Gasteiger partial charge >= 0.3 is 0 Å². The molecular weight excluding hydrogens is 422 g/mol. The van der Waals surface area contributed by atoms with Crippen LogP contribution in [0.3, 0.4) is 0 Å². The van der Waals surface area contributed by atoms with Crippen LogP contribution >= 0.6 is 0 Å². The van der Waals surface area contributed by atoms with Gasteiger partial charge < -0.3 is 10.4 Å². The van der Waals surface area contributed by atoms with Gasteiger partial charge in [-0.15, -0.1) is 0 Å². The van der Waals surface area contributed by atoms with Crippen molar-refractivity contribution in [2.24, 2.45) is 5.10 Å². The number of phenols is 1.